The molecular formula is C47H53N. The van der Waals surface area contributed by atoms with Gasteiger partial charge in [-0.15, -0.1) is 0 Å². The Morgan fingerprint density at radius 2 is 1.15 bits per heavy atom. The number of unbranched alkanes of at least 4 members (excludes halogenated alkanes) is 6. The first kappa shape index (κ1) is 32.4. The molecule has 1 aliphatic rings. The number of benzene rings is 5. The molecule has 1 heteroatoms. The first-order valence-electron chi connectivity index (χ1n) is 18.8. The lowest BCUT2D eigenvalue weighted by molar-refractivity contribution is 0.400. The minimum atomic E-state index is 0.0810. The van der Waals surface area contributed by atoms with Gasteiger partial charge in [-0.3, -0.25) is 0 Å². The Morgan fingerprint density at radius 1 is 0.562 bits per heavy atom. The van der Waals surface area contributed by atoms with E-state index in [1.807, 2.05) is 0 Å². The third kappa shape index (κ3) is 5.80. The Kier molecular flexibility index (Phi) is 9.32. The summed E-state index contributed by atoms with van der Waals surface area (Å²) < 4.78 is 2.43. The molecule has 5 aromatic carbocycles. The van der Waals surface area contributed by atoms with Crippen LogP contribution in [0.4, 0.5) is 0 Å². The van der Waals surface area contributed by atoms with Gasteiger partial charge in [0, 0.05) is 21.9 Å². The molecule has 0 saturated heterocycles. The average molecular weight is 632 g/mol. The molecule has 1 aromatic heterocycles. The van der Waals surface area contributed by atoms with Gasteiger partial charge in [0.25, 0.3) is 0 Å². The van der Waals surface area contributed by atoms with E-state index >= 15 is 0 Å². The number of nitrogens with zero attached hydrogens (tertiary/aromatic N) is 1. The Hall–Kier alpha value is -4.10. The fourth-order valence-electron chi connectivity index (χ4n) is 8.59. The summed E-state index contributed by atoms with van der Waals surface area (Å²) in [5.41, 5.74) is 15.4. The first-order valence-corrected chi connectivity index (χ1v) is 18.8. The largest absolute Gasteiger partial charge is 0.309 e. The van der Waals surface area contributed by atoms with E-state index in [-0.39, 0.29) is 5.41 Å². The summed E-state index contributed by atoms with van der Waals surface area (Å²) in [7, 11) is 0. The maximum Gasteiger partial charge on any atom is 0.0541 e. The SMILES string of the molecule is CCCCCCC1(CCCCCC)c2cc(-c3ccc4c(c3)c3cc(C)ccc3n4-c3ccccc3)ccc2-c2ccc(C(C)C)cc21. The van der Waals surface area contributed by atoms with Crippen molar-refractivity contribution in [2.75, 3.05) is 0 Å². The Morgan fingerprint density at radius 3 is 1.81 bits per heavy atom. The normalized spacial score (nSPS) is 13.5. The highest BCUT2D eigenvalue weighted by Crippen LogP contribution is 2.55. The van der Waals surface area contributed by atoms with Crippen LogP contribution in [0.25, 0.3) is 49.7 Å². The lowest BCUT2D eigenvalue weighted by Crippen LogP contribution is -2.26. The number of aryl methyl sites for hydroxylation is 1. The topological polar surface area (TPSA) is 4.93 Å². The summed E-state index contributed by atoms with van der Waals surface area (Å²) in [6.45, 7) is 11.6. The van der Waals surface area contributed by atoms with Crippen LogP contribution >= 0.6 is 0 Å². The van der Waals surface area contributed by atoms with E-state index < -0.39 is 0 Å². The maximum atomic E-state index is 2.60. The molecule has 0 spiro atoms. The number of para-hydroxylation sites is 1. The highest BCUT2D eigenvalue weighted by atomic mass is 15.0. The smallest absolute Gasteiger partial charge is 0.0541 e. The van der Waals surface area contributed by atoms with Crippen LogP contribution in [0, 0.1) is 6.92 Å². The summed E-state index contributed by atoms with van der Waals surface area (Å²) >= 11 is 0. The minimum absolute atomic E-state index is 0.0810. The lowest BCUT2D eigenvalue weighted by atomic mass is 9.70. The van der Waals surface area contributed by atoms with E-state index in [0.29, 0.717) is 5.92 Å². The monoisotopic (exact) mass is 631 g/mol. The molecule has 246 valence electrons. The van der Waals surface area contributed by atoms with E-state index in [1.165, 1.54) is 125 Å². The van der Waals surface area contributed by atoms with Crippen LogP contribution < -0.4 is 0 Å². The van der Waals surface area contributed by atoms with Gasteiger partial charge < -0.3 is 4.57 Å². The Bertz CT molecular complexity index is 2030. The van der Waals surface area contributed by atoms with Crippen molar-refractivity contribution < 1.29 is 0 Å². The number of hydrogen-bond acceptors (Lipinski definition) is 0. The highest BCUT2D eigenvalue weighted by Gasteiger charge is 2.42. The third-order valence-electron chi connectivity index (χ3n) is 11.2. The zero-order valence-corrected chi connectivity index (χ0v) is 29.9. The number of rotatable bonds is 13. The fraction of sp³-hybridized carbons (Fsp3) is 0.362. The summed E-state index contributed by atoms with van der Waals surface area (Å²) in [6.07, 6.45) is 12.9. The molecule has 1 heterocycles. The molecule has 0 radical (unpaired) electrons. The molecule has 0 amide bonds. The van der Waals surface area contributed by atoms with Crippen LogP contribution in [0.3, 0.4) is 0 Å². The standard InChI is InChI=1S/C47H53N/c1-6-8-10-15-27-47(28-16-11-9-7-2)43-31-35(33(3)4)20-23-39(43)40-24-21-37(32-44(40)47)36-22-26-46-42(30-36)41-29-34(5)19-25-45(41)48(46)38-17-13-12-14-18-38/h12-14,17-26,29-33H,6-11,15-16,27-28H2,1-5H3. The summed E-state index contributed by atoms with van der Waals surface area (Å²) in [4.78, 5) is 0. The van der Waals surface area contributed by atoms with Gasteiger partial charge in [0.15, 0.2) is 0 Å². The Balaban J connectivity index is 1.39. The molecule has 6 aromatic rings. The van der Waals surface area contributed by atoms with Gasteiger partial charge in [0.2, 0.25) is 0 Å². The second kappa shape index (κ2) is 13.8. The molecule has 0 N–H and O–H groups in total. The van der Waals surface area contributed by atoms with Crippen molar-refractivity contribution in [3.8, 4) is 27.9 Å². The quantitative estimate of drug-likeness (QED) is 0.112. The van der Waals surface area contributed by atoms with Crippen molar-refractivity contribution in [3.05, 3.63) is 125 Å². The number of aromatic nitrogens is 1. The maximum absolute atomic E-state index is 2.60. The third-order valence-corrected chi connectivity index (χ3v) is 11.2. The van der Waals surface area contributed by atoms with Crippen molar-refractivity contribution in [2.45, 2.75) is 110 Å². The van der Waals surface area contributed by atoms with Crippen LogP contribution in [-0.4, -0.2) is 4.57 Å². The van der Waals surface area contributed by atoms with Crippen molar-refractivity contribution in [3.63, 3.8) is 0 Å². The molecule has 0 saturated carbocycles. The minimum Gasteiger partial charge on any atom is -0.309 e. The van der Waals surface area contributed by atoms with E-state index in [4.69, 9.17) is 0 Å². The molecule has 0 atom stereocenters. The van der Waals surface area contributed by atoms with Gasteiger partial charge in [-0.1, -0.05) is 145 Å². The van der Waals surface area contributed by atoms with Crippen molar-refractivity contribution in [2.24, 2.45) is 0 Å². The lowest BCUT2D eigenvalue weighted by Gasteiger charge is -2.33. The second-order valence-corrected chi connectivity index (χ2v) is 14.8. The molecule has 0 aliphatic heterocycles. The van der Waals surface area contributed by atoms with E-state index in [2.05, 4.69) is 142 Å². The van der Waals surface area contributed by atoms with E-state index in [9.17, 15) is 0 Å². The molecule has 1 aliphatic carbocycles. The summed E-state index contributed by atoms with van der Waals surface area (Å²) in [6, 6.07) is 39.8. The van der Waals surface area contributed by atoms with Gasteiger partial charge >= 0.3 is 0 Å². The van der Waals surface area contributed by atoms with E-state index in [1.54, 1.807) is 11.1 Å². The fourth-order valence-corrected chi connectivity index (χ4v) is 8.59. The number of fused-ring (bicyclic) bond motifs is 6. The summed E-state index contributed by atoms with van der Waals surface area (Å²) in [5.74, 6) is 0.529. The first-order chi connectivity index (χ1) is 23.4. The molecule has 0 unspecified atom stereocenters. The van der Waals surface area contributed by atoms with Crippen LogP contribution in [0.15, 0.2) is 103 Å². The molecule has 48 heavy (non-hydrogen) atoms. The second-order valence-electron chi connectivity index (χ2n) is 14.8. The molecule has 0 bridgehead atoms. The highest BCUT2D eigenvalue weighted by molar-refractivity contribution is 6.10. The molecular weight excluding hydrogens is 579 g/mol. The van der Waals surface area contributed by atoms with Gasteiger partial charge in [0.1, 0.15) is 0 Å². The van der Waals surface area contributed by atoms with Crippen molar-refractivity contribution in [1.29, 1.82) is 0 Å². The zero-order chi connectivity index (χ0) is 33.3. The van der Waals surface area contributed by atoms with E-state index in [0.717, 1.165) is 0 Å². The van der Waals surface area contributed by atoms with Crippen LogP contribution in [0.5, 0.6) is 0 Å². The molecule has 7 rings (SSSR count). The Labute approximate surface area is 289 Å². The van der Waals surface area contributed by atoms with Crippen LogP contribution in [0.2, 0.25) is 0 Å². The molecule has 0 fully saturated rings. The summed E-state index contributed by atoms with van der Waals surface area (Å²) in [5, 5.41) is 2.65. The van der Waals surface area contributed by atoms with Gasteiger partial charge in [-0.05, 0) is 107 Å². The van der Waals surface area contributed by atoms with Crippen LogP contribution in [0.1, 0.15) is 120 Å². The average Bonchev–Trinajstić information content (AvgIpc) is 3.57. The van der Waals surface area contributed by atoms with Crippen molar-refractivity contribution in [1.82, 2.24) is 4.57 Å². The van der Waals surface area contributed by atoms with Gasteiger partial charge in [0.05, 0.1) is 11.0 Å². The predicted octanol–water partition coefficient (Wildman–Crippen LogP) is 14.1. The predicted molar refractivity (Wildman–Crippen MR) is 209 cm³/mol. The molecule has 1 nitrogen and oxygen atoms in total. The van der Waals surface area contributed by atoms with Gasteiger partial charge in [-0.25, -0.2) is 0 Å². The van der Waals surface area contributed by atoms with Crippen LogP contribution in [-0.2, 0) is 5.41 Å². The number of hydrogen-bond donors (Lipinski definition) is 0. The van der Waals surface area contributed by atoms with Crippen molar-refractivity contribution >= 4 is 21.8 Å². The zero-order valence-electron chi connectivity index (χ0n) is 29.9. The van der Waals surface area contributed by atoms with Gasteiger partial charge in [-0.2, -0.15) is 0 Å².